The van der Waals surface area contributed by atoms with Crippen LogP contribution < -0.4 is 0 Å². The lowest BCUT2D eigenvalue weighted by Crippen LogP contribution is -2.55. The van der Waals surface area contributed by atoms with E-state index in [-0.39, 0.29) is 6.09 Å². The van der Waals surface area contributed by atoms with Crippen LogP contribution in [-0.4, -0.2) is 82.3 Å². The molecule has 0 bridgehead atoms. The van der Waals surface area contributed by atoms with Crippen molar-refractivity contribution in [1.29, 1.82) is 0 Å². The highest BCUT2D eigenvalue weighted by Gasteiger charge is 2.30. The Morgan fingerprint density at radius 3 is 2.89 bits per heavy atom. The molecule has 2 aliphatic heterocycles. The zero-order valence-corrected chi connectivity index (χ0v) is 17.3. The molecular weight excluding hydrogens is 374 g/mol. The number of carbonyl (C=O) groups is 1. The fourth-order valence-electron chi connectivity index (χ4n) is 4.25. The van der Waals surface area contributed by atoms with E-state index in [4.69, 9.17) is 4.74 Å². The molecule has 8 heteroatoms. The average Bonchev–Trinajstić information content (AvgIpc) is 3.40. The van der Waals surface area contributed by atoms with Gasteiger partial charge in [-0.3, -0.25) is 14.4 Å². The van der Waals surface area contributed by atoms with Crippen molar-refractivity contribution in [2.45, 2.75) is 32.4 Å². The van der Waals surface area contributed by atoms with Crippen LogP contribution in [0.2, 0.25) is 0 Å². The van der Waals surface area contributed by atoms with Gasteiger partial charge in [-0.1, -0.05) is 0 Å². The van der Waals surface area contributed by atoms with E-state index in [1.807, 2.05) is 23.4 Å². The molecule has 2 aromatic rings. The Labute approximate surface area is 170 Å². The van der Waals surface area contributed by atoms with Crippen molar-refractivity contribution in [1.82, 2.24) is 24.3 Å². The average molecular weight is 404 g/mol. The van der Waals surface area contributed by atoms with Crippen molar-refractivity contribution in [3.63, 3.8) is 0 Å². The summed E-state index contributed by atoms with van der Waals surface area (Å²) in [4.78, 5) is 23.3. The van der Waals surface area contributed by atoms with Crippen molar-refractivity contribution in [2.75, 3.05) is 45.9 Å². The van der Waals surface area contributed by atoms with Gasteiger partial charge in [0, 0.05) is 68.8 Å². The molecule has 2 aromatic heterocycles. The molecule has 0 saturated carbocycles. The number of hydrogen-bond donors (Lipinski definition) is 0. The maximum atomic E-state index is 11.9. The number of piperidine rings is 1. The lowest BCUT2D eigenvalue weighted by Gasteiger charge is -2.43. The van der Waals surface area contributed by atoms with Gasteiger partial charge < -0.3 is 9.64 Å². The number of hydrogen-bond acceptors (Lipinski definition) is 6. The molecule has 0 unspecified atom stereocenters. The minimum Gasteiger partial charge on any atom is -0.450 e. The highest BCUT2D eigenvalue weighted by Crippen LogP contribution is 2.22. The van der Waals surface area contributed by atoms with Crippen LogP contribution in [0.1, 0.15) is 25.5 Å². The molecule has 0 aromatic carbocycles. The van der Waals surface area contributed by atoms with Crippen LogP contribution in [0.15, 0.2) is 29.9 Å². The van der Waals surface area contributed by atoms with Crippen molar-refractivity contribution in [3.05, 3.63) is 35.6 Å². The van der Waals surface area contributed by atoms with Crippen LogP contribution in [-0.2, 0) is 11.3 Å². The quantitative estimate of drug-likeness (QED) is 0.768. The maximum absolute atomic E-state index is 11.9. The van der Waals surface area contributed by atoms with Gasteiger partial charge in [0.2, 0.25) is 0 Å². The van der Waals surface area contributed by atoms with Gasteiger partial charge in [-0.2, -0.15) is 0 Å². The normalized spacial score (nSPS) is 21.8. The first-order valence-corrected chi connectivity index (χ1v) is 11.1. The fraction of sp³-hybridized carbons (Fsp3) is 0.600. The SMILES string of the molecule is CCOC(=O)N1CCN([C@@H]2CCCN(Cc3cccn3-c3nccs3)C2)CC1. The van der Waals surface area contributed by atoms with Gasteiger partial charge in [0.1, 0.15) is 0 Å². The molecule has 0 spiro atoms. The zero-order chi connectivity index (χ0) is 19.3. The lowest BCUT2D eigenvalue weighted by atomic mass is 10.0. The first-order chi connectivity index (χ1) is 13.7. The maximum Gasteiger partial charge on any atom is 0.409 e. The number of piperazine rings is 1. The Morgan fingerprint density at radius 2 is 2.14 bits per heavy atom. The van der Waals surface area contributed by atoms with Crippen molar-refractivity contribution in [2.24, 2.45) is 0 Å². The van der Waals surface area contributed by atoms with E-state index in [0.29, 0.717) is 12.6 Å². The molecule has 0 aliphatic carbocycles. The molecule has 0 N–H and O–H groups in total. The minimum absolute atomic E-state index is 0.171. The monoisotopic (exact) mass is 403 g/mol. The molecule has 2 aliphatic rings. The summed E-state index contributed by atoms with van der Waals surface area (Å²) in [7, 11) is 0. The Hall–Kier alpha value is -1.90. The summed E-state index contributed by atoms with van der Waals surface area (Å²) in [5, 5.41) is 3.05. The van der Waals surface area contributed by atoms with E-state index in [0.717, 1.165) is 50.9 Å². The topological polar surface area (TPSA) is 53.8 Å². The standard InChI is InChI=1S/C20H29N5O2S/c1-2-27-20(26)24-12-10-23(11-13-24)17-5-3-8-22(15-17)16-18-6-4-9-25(18)19-21-7-14-28-19/h4,6-7,9,14,17H,2-3,5,8,10-13,15-16H2,1H3/t17-/m1/s1. The molecule has 4 rings (SSSR count). The molecule has 7 nitrogen and oxygen atoms in total. The predicted octanol–water partition coefficient (Wildman–Crippen LogP) is 2.67. The summed E-state index contributed by atoms with van der Waals surface area (Å²) in [5.74, 6) is 0. The van der Waals surface area contributed by atoms with Gasteiger partial charge >= 0.3 is 6.09 Å². The predicted molar refractivity (Wildman–Crippen MR) is 110 cm³/mol. The molecule has 1 amide bonds. The van der Waals surface area contributed by atoms with Crippen LogP contribution in [0.3, 0.4) is 0 Å². The zero-order valence-electron chi connectivity index (χ0n) is 16.5. The molecule has 0 radical (unpaired) electrons. The van der Waals surface area contributed by atoms with E-state index in [1.165, 1.54) is 18.5 Å². The smallest absolute Gasteiger partial charge is 0.409 e. The van der Waals surface area contributed by atoms with Gasteiger partial charge in [0.25, 0.3) is 0 Å². The number of ether oxygens (including phenoxy) is 1. The molecule has 4 heterocycles. The molecule has 152 valence electrons. The van der Waals surface area contributed by atoms with Gasteiger partial charge in [-0.05, 0) is 38.4 Å². The summed E-state index contributed by atoms with van der Waals surface area (Å²) in [6.45, 7) is 8.88. The van der Waals surface area contributed by atoms with Crippen molar-refractivity contribution in [3.8, 4) is 5.13 Å². The van der Waals surface area contributed by atoms with Gasteiger partial charge in [-0.25, -0.2) is 9.78 Å². The van der Waals surface area contributed by atoms with E-state index in [2.05, 4.69) is 37.7 Å². The molecular formula is C20H29N5O2S. The highest BCUT2D eigenvalue weighted by atomic mass is 32.1. The third-order valence-corrected chi connectivity index (χ3v) is 6.45. The third-order valence-electron chi connectivity index (χ3n) is 5.68. The molecule has 2 saturated heterocycles. The van der Waals surface area contributed by atoms with E-state index < -0.39 is 0 Å². The summed E-state index contributed by atoms with van der Waals surface area (Å²) < 4.78 is 7.33. The van der Waals surface area contributed by atoms with Crippen LogP contribution in [0.25, 0.3) is 5.13 Å². The van der Waals surface area contributed by atoms with Crippen LogP contribution in [0.4, 0.5) is 4.79 Å². The number of thiazole rings is 1. The minimum atomic E-state index is -0.171. The number of amides is 1. The van der Waals surface area contributed by atoms with E-state index in [9.17, 15) is 4.79 Å². The Bertz CT molecular complexity index is 754. The largest absolute Gasteiger partial charge is 0.450 e. The fourth-order valence-corrected chi connectivity index (χ4v) is 4.91. The van der Waals surface area contributed by atoms with Gasteiger partial charge in [0.15, 0.2) is 5.13 Å². The first-order valence-electron chi connectivity index (χ1n) is 10.2. The van der Waals surface area contributed by atoms with Crippen molar-refractivity contribution >= 4 is 17.4 Å². The highest BCUT2D eigenvalue weighted by molar-refractivity contribution is 7.12. The Balaban J connectivity index is 1.32. The van der Waals surface area contributed by atoms with E-state index >= 15 is 0 Å². The van der Waals surface area contributed by atoms with Crippen LogP contribution in [0.5, 0.6) is 0 Å². The Morgan fingerprint density at radius 1 is 1.29 bits per heavy atom. The summed E-state index contributed by atoms with van der Waals surface area (Å²) in [6.07, 6.45) is 6.25. The number of carbonyl (C=O) groups excluding carboxylic acids is 1. The number of aromatic nitrogens is 2. The molecule has 28 heavy (non-hydrogen) atoms. The molecule has 1 atom stereocenters. The summed E-state index contributed by atoms with van der Waals surface area (Å²) >= 11 is 1.67. The van der Waals surface area contributed by atoms with Gasteiger partial charge in [0.05, 0.1) is 6.61 Å². The first kappa shape index (κ1) is 19.4. The summed E-state index contributed by atoms with van der Waals surface area (Å²) in [6, 6.07) is 4.87. The number of nitrogens with zero attached hydrogens (tertiary/aromatic N) is 5. The third kappa shape index (κ3) is 4.39. The second-order valence-electron chi connectivity index (χ2n) is 7.44. The van der Waals surface area contributed by atoms with Gasteiger partial charge in [-0.15, -0.1) is 11.3 Å². The summed E-state index contributed by atoms with van der Waals surface area (Å²) in [5.41, 5.74) is 1.29. The second-order valence-corrected chi connectivity index (χ2v) is 8.31. The second kappa shape index (κ2) is 9.07. The Kier molecular flexibility index (Phi) is 6.29. The number of rotatable bonds is 5. The van der Waals surface area contributed by atoms with Crippen LogP contribution in [0, 0.1) is 0 Å². The van der Waals surface area contributed by atoms with Crippen LogP contribution >= 0.6 is 11.3 Å². The van der Waals surface area contributed by atoms with E-state index in [1.54, 1.807) is 11.3 Å². The number of likely N-dealkylation sites (tertiary alicyclic amines) is 1. The lowest BCUT2D eigenvalue weighted by molar-refractivity contribution is 0.0409. The van der Waals surface area contributed by atoms with Crippen molar-refractivity contribution < 1.29 is 9.53 Å². The molecule has 2 fully saturated rings.